The van der Waals surface area contributed by atoms with E-state index in [2.05, 4.69) is 28.0 Å². The topological polar surface area (TPSA) is 58.6 Å². The first kappa shape index (κ1) is 23.3. The zero-order valence-corrected chi connectivity index (χ0v) is 20.9. The average Bonchev–Trinajstić information content (AvgIpc) is 3.28. The van der Waals surface area contributed by atoms with Crippen molar-refractivity contribution in [3.63, 3.8) is 0 Å². The molecule has 0 bridgehead atoms. The van der Waals surface area contributed by atoms with E-state index < -0.39 is 0 Å². The lowest BCUT2D eigenvalue weighted by molar-refractivity contribution is -0.148. The number of thiophene rings is 1. The van der Waals surface area contributed by atoms with Crippen LogP contribution in [0.5, 0.6) is 0 Å². The second-order valence-electron chi connectivity index (χ2n) is 8.84. The van der Waals surface area contributed by atoms with Crippen molar-refractivity contribution < 1.29 is 9.53 Å². The molecule has 8 heteroatoms. The van der Waals surface area contributed by atoms with Gasteiger partial charge in [-0.3, -0.25) is 9.69 Å². The monoisotopic (exact) mass is 496 g/mol. The number of halogens is 1. The molecule has 34 heavy (non-hydrogen) atoms. The number of rotatable bonds is 6. The number of hydrogen-bond donors (Lipinski definition) is 0. The number of piperidine rings is 1. The Kier molecular flexibility index (Phi) is 7.13. The van der Waals surface area contributed by atoms with Crippen LogP contribution >= 0.6 is 22.9 Å². The van der Waals surface area contributed by atoms with Crippen molar-refractivity contribution in [1.29, 1.82) is 0 Å². The van der Waals surface area contributed by atoms with Crippen LogP contribution in [0.25, 0.3) is 11.4 Å². The quantitative estimate of drug-likeness (QED) is 0.437. The molecule has 2 aromatic heterocycles. The number of anilines is 1. The summed E-state index contributed by atoms with van der Waals surface area (Å²) in [5, 5.41) is 0. The van der Waals surface area contributed by atoms with Crippen molar-refractivity contribution in [2.45, 2.75) is 39.3 Å². The summed E-state index contributed by atoms with van der Waals surface area (Å²) in [5.74, 6) is 1.69. The summed E-state index contributed by atoms with van der Waals surface area (Å²) in [7, 11) is 0. The summed E-state index contributed by atoms with van der Waals surface area (Å²) < 4.78 is 6.09. The largest absolute Gasteiger partial charge is 0.466 e. The third-order valence-corrected chi connectivity index (χ3v) is 7.79. The Morgan fingerprint density at radius 1 is 1.12 bits per heavy atom. The second-order valence-corrected chi connectivity index (χ2v) is 10.6. The van der Waals surface area contributed by atoms with Crippen molar-refractivity contribution in [1.82, 2.24) is 14.9 Å². The molecule has 0 radical (unpaired) electrons. The van der Waals surface area contributed by atoms with Crippen LogP contribution < -0.4 is 4.90 Å². The Morgan fingerprint density at radius 3 is 2.62 bits per heavy atom. The maximum Gasteiger partial charge on any atom is 0.309 e. The van der Waals surface area contributed by atoms with Gasteiger partial charge < -0.3 is 9.64 Å². The summed E-state index contributed by atoms with van der Waals surface area (Å²) in [6.07, 6.45) is 2.47. The maximum atomic E-state index is 12.2. The number of carbonyl (C=O) groups is 1. The van der Waals surface area contributed by atoms with Crippen LogP contribution in [0.1, 0.15) is 35.9 Å². The molecule has 178 valence electrons. The predicted molar refractivity (Wildman–Crippen MR) is 136 cm³/mol. The maximum absolute atomic E-state index is 12.2. The third kappa shape index (κ3) is 5.11. The smallest absolute Gasteiger partial charge is 0.309 e. The Hall–Kier alpha value is -2.48. The Labute approximate surface area is 209 Å². The molecule has 1 fully saturated rings. The highest BCUT2D eigenvalue weighted by Gasteiger charge is 2.30. The molecule has 6 nitrogen and oxygen atoms in total. The molecule has 1 saturated heterocycles. The summed E-state index contributed by atoms with van der Waals surface area (Å²) >= 11 is 7.80. The second kappa shape index (κ2) is 10.4. The predicted octanol–water partition coefficient (Wildman–Crippen LogP) is 5.20. The third-order valence-electron chi connectivity index (χ3n) is 6.57. The van der Waals surface area contributed by atoms with Crippen molar-refractivity contribution in [3.05, 3.63) is 62.9 Å². The minimum atomic E-state index is -0.0716. The van der Waals surface area contributed by atoms with Crippen LogP contribution in [0, 0.1) is 5.92 Å². The van der Waals surface area contributed by atoms with Gasteiger partial charge in [-0.2, -0.15) is 0 Å². The van der Waals surface area contributed by atoms with Gasteiger partial charge in [-0.1, -0.05) is 41.9 Å². The van der Waals surface area contributed by atoms with E-state index in [0.29, 0.717) is 6.61 Å². The van der Waals surface area contributed by atoms with Crippen LogP contribution in [0.15, 0.2) is 42.5 Å². The van der Waals surface area contributed by atoms with Crippen LogP contribution in [0.2, 0.25) is 4.34 Å². The van der Waals surface area contributed by atoms with Crippen molar-refractivity contribution >= 4 is 34.7 Å². The minimum absolute atomic E-state index is 0.0254. The van der Waals surface area contributed by atoms with Gasteiger partial charge in [0.15, 0.2) is 5.82 Å². The molecule has 0 atom stereocenters. The number of hydrogen-bond acceptors (Lipinski definition) is 7. The Bertz CT molecular complexity index is 1140. The zero-order valence-electron chi connectivity index (χ0n) is 19.4. The summed E-state index contributed by atoms with van der Waals surface area (Å²) in [6.45, 7) is 6.53. The molecule has 3 aromatic rings. The van der Waals surface area contributed by atoms with Crippen molar-refractivity contribution in [2.75, 3.05) is 31.1 Å². The molecule has 4 heterocycles. The number of aromatic nitrogens is 2. The molecule has 5 rings (SSSR count). The van der Waals surface area contributed by atoms with Gasteiger partial charge in [0.05, 0.1) is 22.6 Å². The summed E-state index contributed by atoms with van der Waals surface area (Å²) in [5.41, 5.74) is 3.38. The molecular weight excluding hydrogens is 468 g/mol. The lowest BCUT2D eigenvalue weighted by Crippen LogP contribution is -2.39. The molecule has 0 unspecified atom stereocenters. The highest BCUT2D eigenvalue weighted by Crippen LogP contribution is 2.33. The van der Waals surface area contributed by atoms with Crippen molar-refractivity contribution in [3.8, 4) is 11.4 Å². The highest BCUT2D eigenvalue weighted by atomic mass is 35.5. The van der Waals surface area contributed by atoms with Gasteiger partial charge in [0.25, 0.3) is 0 Å². The first-order valence-corrected chi connectivity index (χ1v) is 13.1. The number of nitrogens with zero attached hydrogens (tertiary/aromatic N) is 4. The number of ether oxygens (including phenoxy) is 1. The molecule has 0 saturated carbocycles. The molecule has 1 aromatic carbocycles. The van der Waals surface area contributed by atoms with Crippen molar-refractivity contribution in [2.24, 2.45) is 5.92 Å². The molecular formula is C26H29ClN4O2S. The highest BCUT2D eigenvalue weighted by molar-refractivity contribution is 7.16. The van der Waals surface area contributed by atoms with E-state index >= 15 is 0 Å². The van der Waals surface area contributed by atoms with Gasteiger partial charge in [-0.05, 0) is 31.9 Å². The lowest BCUT2D eigenvalue weighted by Gasteiger charge is -2.36. The number of carbonyl (C=O) groups excluding carboxylic acids is 1. The average molecular weight is 497 g/mol. The van der Waals surface area contributed by atoms with E-state index in [4.69, 9.17) is 26.3 Å². The molecule has 0 spiro atoms. The van der Waals surface area contributed by atoms with E-state index in [1.807, 2.05) is 31.2 Å². The molecule has 0 amide bonds. The lowest BCUT2D eigenvalue weighted by atomic mass is 9.96. The first-order chi connectivity index (χ1) is 16.6. The fraction of sp³-hybridized carbons (Fsp3) is 0.423. The first-order valence-electron chi connectivity index (χ1n) is 11.9. The van der Waals surface area contributed by atoms with Gasteiger partial charge >= 0.3 is 5.97 Å². The zero-order chi connectivity index (χ0) is 23.5. The number of fused-ring (bicyclic) bond motifs is 1. The molecule has 2 aliphatic heterocycles. The summed E-state index contributed by atoms with van der Waals surface area (Å²) in [6, 6.07) is 14.3. The molecule has 2 aliphatic rings. The standard InChI is InChI=1S/C26H29ClN4O2S/c1-2-33-26(32)19-10-14-31(15-11-19)25-21-17-30(16-20-8-9-23(27)34-20)13-12-22(21)28-24(29-25)18-6-4-3-5-7-18/h3-9,19H,2,10-17H2,1H3. The van der Waals surface area contributed by atoms with Gasteiger partial charge in [-0.25, -0.2) is 9.97 Å². The van der Waals surface area contributed by atoms with E-state index in [0.717, 1.165) is 79.2 Å². The Balaban J connectivity index is 1.42. The van der Waals surface area contributed by atoms with Crippen LogP contribution in [0.3, 0.4) is 0 Å². The van der Waals surface area contributed by atoms with E-state index in [1.54, 1.807) is 11.3 Å². The van der Waals surface area contributed by atoms with Crippen LogP contribution in [-0.4, -0.2) is 47.1 Å². The van der Waals surface area contributed by atoms with Gasteiger partial charge in [-0.15, -0.1) is 11.3 Å². The van der Waals surface area contributed by atoms with Crippen LogP contribution in [0.4, 0.5) is 5.82 Å². The van der Waals surface area contributed by atoms with E-state index in [1.165, 1.54) is 10.4 Å². The van der Waals surface area contributed by atoms with E-state index in [9.17, 15) is 4.79 Å². The Morgan fingerprint density at radius 2 is 1.91 bits per heavy atom. The van der Waals surface area contributed by atoms with Crippen LogP contribution in [-0.2, 0) is 29.0 Å². The van der Waals surface area contributed by atoms with Gasteiger partial charge in [0, 0.05) is 55.1 Å². The molecule has 0 aliphatic carbocycles. The fourth-order valence-corrected chi connectivity index (χ4v) is 5.94. The van der Waals surface area contributed by atoms with Gasteiger partial charge in [0.1, 0.15) is 5.82 Å². The molecule has 0 N–H and O–H groups in total. The number of esters is 1. The normalized spacial score (nSPS) is 16.9. The SMILES string of the molecule is CCOC(=O)C1CCN(c2nc(-c3ccccc3)nc3c2CN(Cc2ccc(Cl)s2)CC3)CC1. The summed E-state index contributed by atoms with van der Waals surface area (Å²) in [4.78, 5) is 28.4. The fourth-order valence-electron chi connectivity index (χ4n) is 4.81. The van der Waals surface area contributed by atoms with E-state index in [-0.39, 0.29) is 11.9 Å². The minimum Gasteiger partial charge on any atom is -0.466 e. The number of benzene rings is 1. The van der Waals surface area contributed by atoms with Gasteiger partial charge in [0.2, 0.25) is 0 Å².